The average Bonchev–Trinajstić information content (AvgIpc) is 3.51. The Labute approximate surface area is 272 Å². The molecule has 224 valence electrons. The maximum atomic E-state index is 6.70. The molecule has 2 heterocycles. The topological polar surface area (TPSA) is 38.9 Å². The van der Waals surface area contributed by atoms with Crippen LogP contribution in [0.4, 0.5) is 0 Å². The summed E-state index contributed by atoms with van der Waals surface area (Å²) in [5.41, 5.74) is 9.45. The molecular formula is C44H32N2O. The summed E-state index contributed by atoms with van der Waals surface area (Å²) in [5.74, 6) is 0.542. The Kier molecular flexibility index (Phi) is 5.95. The largest absolute Gasteiger partial charge is 0.455 e. The van der Waals surface area contributed by atoms with E-state index in [1.807, 2.05) is 6.20 Å². The molecule has 0 bridgehead atoms. The Balaban J connectivity index is 1.21. The van der Waals surface area contributed by atoms with E-state index in [9.17, 15) is 0 Å². The monoisotopic (exact) mass is 604 g/mol. The summed E-state index contributed by atoms with van der Waals surface area (Å²) < 4.78 is 6.70. The number of furan rings is 1. The molecule has 2 aromatic heterocycles. The maximum Gasteiger partial charge on any atom is 0.143 e. The van der Waals surface area contributed by atoms with Gasteiger partial charge < -0.3 is 4.42 Å². The van der Waals surface area contributed by atoms with E-state index in [2.05, 4.69) is 121 Å². The number of nitrogens with zero attached hydrogens (tertiary/aromatic N) is 2. The summed E-state index contributed by atoms with van der Waals surface area (Å²) in [7, 11) is 0. The summed E-state index contributed by atoms with van der Waals surface area (Å²) in [6.45, 7) is 0. The van der Waals surface area contributed by atoms with Crippen LogP contribution in [0.1, 0.15) is 43.6 Å². The first-order chi connectivity index (χ1) is 23.3. The lowest BCUT2D eigenvalue weighted by Crippen LogP contribution is -2.05. The lowest BCUT2D eigenvalue weighted by atomic mass is 9.82. The number of benzene rings is 7. The first-order valence-corrected chi connectivity index (χ1v) is 16.8. The summed E-state index contributed by atoms with van der Waals surface area (Å²) in [4.78, 5) is 10.5. The zero-order valence-corrected chi connectivity index (χ0v) is 26.0. The van der Waals surface area contributed by atoms with Crippen molar-refractivity contribution in [2.24, 2.45) is 0 Å². The maximum absolute atomic E-state index is 6.70. The van der Waals surface area contributed by atoms with E-state index >= 15 is 0 Å². The van der Waals surface area contributed by atoms with Crippen LogP contribution in [0.2, 0.25) is 0 Å². The molecule has 3 nitrogen and oxygen atoms in total. The van der Waals surface area contributed by atoms with Crippen molar-refractivity contribution in [3.63, 3.8) is 0 Å². The van der Waals surface area contributed by atoms with Crippen molar-refractivity contribution < 1.29 is 4.42 Å². The third kappa shape index (κ3) is 4.26. The molecule has 47 heavy (non-hydrogen) atoms. The van der Waals surface area contributed by atoms with Crippen LogP contribution < -0.4 is 0 Å². The highest BCUT2D eigenvalue weighted by molar-refractivity contribution is 6.23. The Morgan fingerprint density at radius 2 is 1.19 bits per heavy atom. The van der Waals surface area contributed by atoms with E-state index in [-0.39, 0.29) is 0 Å². The van der Waals surface area contributed by atoms with E-state index in [1.54, 1.807) is 0 Å². The lowest BCUT2D eigenvalue weighted by molar-refractivity contribution is 0.444. The van der Waals surface area contributed by atoms with Gasteiger partial charge in [-0.05, 0) is 75.7 Å². The van der Waals surface area contributed by atoms with Crippen LogP contribution in [-0.2, 0) is 0 Å². The molecular weight excluding hydrogens is 572 g/mol. The molecule has 7 aromatic carbocycles. The van der Waals surface area contributed by atoms with Crippen molar-refractivity contribution in [2.45, 2.75) is 38.0 Å². The van der Waals surface area contributed by atoms with Gasteiger partial charge >= 0.3 is 0 Å². The fourth-order valence-corrected chi connectivity index (χ4v) is 8.10. The molecule has 1 saturated carbocycles. The Bertz CT molecular complexity index is 2640. The number of hydrogen-bond acceptors (Lipinski definition) is 3. The van der Waals surface area contributed by atoms with Gasteiger partial charge in [0.1, 0.15) is 11.2 Å². The van der Waals surface area contributed by atoms with Gasteiger partial charge in [-0.15, -0.1) is 0 Å². The summed E-state index contributed by atoms with van der Waals surface area (Å²) in [5, 5.41) is 9.43. The van der Waals surface area contributed by atoms with Crippen molar-refractivity contribution in [1.82, 2.24) is 9.97 Å². The predicted molar refractivity (Wildman–Crippen MR) is 196 cm³/mol. The fourth-order valence-electron chi connectivity index (χ4n) is 8.10. The molecule has 1 aliphatic carbocycles. The van der Waals surface area contributed by atoms with Crippen molar-refractivity contribution in [3.05, 3.63) is 133 Å². The molecule has 1 fully saturated rings. The van der Waals surface area contributed by atoms with Gasteiger partial charge in [-0.1, -0.05) is 116 Å². The molecule has 0 aliphatic heterocycles. The smallest absolute Gasteiger partial charge is 0.143 e. The fraction of sp³-hybridized carbons (Fsp3) is 0.136. The number of hydrogen-bond donors (Lipinski definition) is 0. The molecule has 0 spiro atoms. The molecule has 1 aliphatic rings. The lowest BCUT2D eigenvalue weighted by Gasteiger charge is -2.23. The molecule has 0 N–H and O–H groups in total. The first kappa shape index (κ1) is 26.7. The molecule has 0 saturated heterocycles. The Morgan fingerprint density at radius 3 is 1.98 bits per heavy atom. The third-order valence-corrected chi connectivity index (χ3v) is 10.4. The number of aromatic nitrogens is 2. The SMILES string of the molecule is c1ccc2cc3c(cc2c1)oc1c(-c2cc(-c4cnc5c6ccccc6c6ccccc6c5n4)cc(C4CCCCC4)c2)cccc13. The molecule has 3 heteroatoms. The molecule has 0 amide bonds. The van der Waals surface area contributed by atoms with Gasteiger partial charge in [0.25, 0.3) is 0 Å². The van der Waals surface area contributed by atoms with Crippen molar-refractivity contribution in [2.75, 3.05) is 0 Å². The molecule has 0 atom stereocenters. The third-order valence-electron chi connectivity index (χ3n) is 10.4. The summed E-state index contributed by atoms with van der Waals surface area (Å²) in [6.07, 6.45) is 8.32. The molecule has 0 radical (unpaired) electrons. The normalized spacial score (nSPS) is 14.3. The van der Waals surface area contributed by atoms with Gasteiger partial charge in [0, 0.05) is 32.7 Å². The van der Waals surface area contributed by atoms with Crippen LogP contribution >= 0.6 is 0 Å². The minimum atomic E-state index is 0.542. The Hall–Kier alpha value is -5.54. The summed E-state index contributed by atoms with van der Waals surface area (Å²) >= 11 is 0. The van der Waals surface area contributed by atoms with Crippen molar-refractivity contribution in [1.29, 1.82) is 0 Å². The van der Waals surface area contributed by atoms with Crippen LogP contribution in [0, 0.1) is 0 Å². The highest BCUT2D eigenvalue weighted by atomic mass is 16.3. The number of fused-ring (bicyclic) bond motifs is 10. The van der Waals surface area contributed by atoms with Crippen LogP contribution in [0.5, 0.6) is 0 Å². The molecule has 10 rings (SSSR count). The number of rotatable bonds is 3. The van der Waals surface area contributed by atoms with E-state index in [0.717, 1.165) is 60.6 Å². The predicted octanol–water partition coefficient (Wildman–Crippen LogP) is 12.4. The van der Waals surface area contributed by atoms with Crippen molar-refractivity contribution >= 4 is 65.3 Å². The van der Waals surface area contributed by atoms with Gasteiger partial charge in [0.05, 0.1) is 22.9 Å². The standard InChI is InChI=1S/C44H32N2O/c1-2-11-27(12-3-1)30-21-31(33-19-10-20-38-39-24-28-13-4-5-14-29(28)25-41(39)47-44(33)38)23-32(22-30)40-26-45-42-36-17-8-6-15-34(36)35-16-7-9-18-37(35)43(42)46-40/h4-10,13-27H,1-3,11-12H2. The van der Waals surface area contributed by atoms with E-state index in [1.165, 1.54) is 64.8 Å². The molecule has 9 aromatic rings. The van der Waals surface area contributed by atoms with E-state index in [0.29, 0.717) is 5.92 Å². The van der Waals surface area contributed by atoms with Gasteiger partial charge in [0.15, 0.2) is 0 Å². The second-order valence-electron chi connectivity index (χ2n) is 13.2. The Morgan fingerprint density at radius 1 is 0.532 bits per heavy atom. The van der Waals surface area contributed by atoms with Crippen molar-refractivity contribution in [3.8, 4) is 22.4 Å². The van der Waals surface area contributed by atoms with E-state index < -0.39 is 0 Å². The van der Waals surface area contributed by atoms with Crippen LogP contribution in [0.3, 0.4) is 0 Å². The first-order valence-electron chi connectivity index (χ1n) is 16.8. The van der Waals surface area contributed by atoms with Crippen LogP contribution in [0.25, 0.3) is 87.7 Å². The highest BCUT2D eigenvalue weighted by Gasteiger charge is 2.21. The van der Waals surface area contributed by atoms with Crippen LogP contribution in [0.15, 0.2) is 132 Å². The average molecular weight is 605 g/mol. The number of para-hydroxylation sites is 1. The van der Waals surface area contributed by atoms with Gasteiger partial charge in [-0.3, -0.25) is 4.98 Å². The highest BCUT2D eigenvalue weighted by Crippen LogP contribution is 2.42. The van der Waals surface area contributed by atoms with Crippen LogP contribution in [-0.4, -0.2) is 9.97 Å². The van der Waals surface area contributed by atoms with Gasteiger partial charge in [0.2, 0.25) is 0 Å². The second-order valence-corrected chi connectivity index (χ2v) is 13.2. The summed E-state index contributed by atoms with van der Waals surface area (Å²) in [6, 6.07) is 43.7. The minimum absolute atomic E-state index is 0.542. The van der Waals surface area contributed by atoms with E-state index in [4.69, 9.17) is 14.4 Å². The molecule has 0 unspecified atom stereocenters. The zero-order chi connectivity index (χ0) is 30.9. The quantitative estimate of drug-likeness (QED) is 0.188. The second kappa shape index (κ2) is 10.5. The van der Waals surface area contributed by atoms with Gasteiger partial charge in [-0.2, -0.15) is 0 Å². The van der Waals surface area contributed by atoms with Gasteiger partial charge in [-0.25, -0.2) is 4.98 Å². The minimum Gasteiger partial charge on any atom is -0.455 e. The zero-order valence-electron chi connectivity index (χ0n) is 26.0.